The Labute approximate surface area is 211 Å². The van der Waals surface area contributed by atoms with Crippen LogP contribution in [0.3, 0.4) is 0 Å². The Morgan fingerprint density at radius 3 is 2.31 bits per heavy atom. The van der Waals surface area contributed by atoms with Gasteiger partial charge in [0.25, 0.3) is 0 Å². The summed E-state index contributed by atoms with van der Waals surface area (Å²) in [5.74, 6) is 0.139. The molecule has 2 heterocycles. The summed E-state index contributed by atoms with van der Waals surface area (Å²) in [6.45, 7) is 10.5. The molecule has 36 heavy (non-hydrogen) atoms. The van der Waals surface area contributed by atoms with E-state index < -0.39 is 0 Å². The molecule has 3 aromatic carbocycles. The van der Waals surface area contributed by atoms with Gasteiger partial charge in [-0.1, -0.05) is 75.0 Å². The molecule has 0 saturated carbocycles. The first kappa shape index (κ1) is 24.7. The number of rotatable bonds is 6. The molecule has 0 spiro atoms. The zero-order chi connectivity index (χ0) is 25.5. The Morgan fingerprint density at radius 1 is 0.917 bits per heavy atom. The quantitative estimate of drug-likeness (QED) is 0.293. The fourth-order valence-corrected chi connectivity index (χ4v) is 3.75. The number of aromatic nitrogens is 2. The Morgan fingerprint density at radius 2 is 1.61 bits per heavy atom. The maximum Gasteiger partial charge on any atom is 0.149 e. The molecule has 1 aromatic heterocycles. The number of benzene rings is 3. The van der Waals surface area contributed by atoms with Gasteiger partial charge in [0.05, 0.1) is 23.8 Å². The molecule has 0 amide bonds. The van der Waals surface area contributed by atoms with Gasteiger partial charge in [-0.05, 0) is 48.4 Å². The fraction of sp³-hybridized carbons (Fsp3) is 0.133. The number of hydrogen-bond donors (Lipinski definition) is 0. The van der Waals surface area contributed by atoms with E-state index in [0.29, 0.717) is 29.3 Å². The minimum Gasteiger partial charge on any atom is -0.487 e. The monoisotopic (exact) mass is 480 g/mol. The second-order valence-corrected chi connectivity index (χ2v) is 7.96. The third-order valence-corrected chi connectivity index (χ3v) is 5.50. The van der Waals surface area contributed by atoms with E-state index in [1.54, 1.807) is 23.1 Å². The van der Waals surface area contributed by atoms with Gasteiger partial charge in [0.1, 0.15) is 29.6 Å². The van der Waals surface area contributed by atoms with Crippen LogP contribution in [0.25, 0.3) is 5.69 Å². The zero-order valence-corrected chi connectivity index (χ0v) is 20.7. The van der Waals surface area contributed by atoms with Gasteiger partial charge in [-0.25, -0.2) is 14.1 Å². The van der Waals surface area contributed by atoms with Crippen LogP contribution in [0.2, 0.25) is 0 Å². The zero-order valence-electron chi connectivity index (χ0n) is 20.7. The van der Waals surface area contributed by atoms with E-state index in [4.69, 9.17) is 9.84 Å². The fourth-order valence-electron chi connectivity index (χ4n) is 3.75. The Bertz CT molecular complexity index is 1390. The third-order valence-electron chi connectivity index (χ3n) is 5.50. The molecular formula is C30H29FN4O. The molecule has 182 valence electrons. The highest BCUT2D eigenvalue weighted by Gasteiger charge is 2.26. The van der Waals surface area contributed by atoms with Crippen molar-refractivity contribution in [3.8, 4) is 5.69 Å². The molecule has 4 aromatic rings. The molecular weight excluding hydrogens is 451 g/mol. The van der Waals surface area contributed by atoms with Crippen LogP contribution in [0, 0.1) is 12.7 Å². The van der Waals surface area contributed by atoms with Crippen molar-refractivity contribution in [2.24, 2.45) is 5.10 Å². The van der Waals surface area contributed by atoms with E-state index >= 15 is 0 Å². The van der Waals surface area contributed by atoms with Gasteiger partial charge in [-0.2, -0.15) is 10.2 Å². The predicted octanol–water partition coefficient (Wildman–Crippen LogP) is 7.18. The molecule has 5 nitrogen and oxygen atoms in total. The number of hydrogen-bond acceptors (Lipinski definition) is 4. The SMILES string of the molecule is C=C1C(OCc2ccccc2)=CN(c2ccc(C)cc2F)N=C1c1ccnn1-c1ccccc1.CC. The summed E-state index contributed by atoms with van der Waals surface area (Å²) >= 11 is 0. The van der Waals surface area contributed by atoms with Crippen LogP contribution in [0.5, 0.6) is 0 Å². The van der Waals surface area contributed by atoms with E-state index in [1.165, 1.54) is 11.1 Å². The maximum atomic E-state index is 14.9. The van der Waals surface area contributed by atoms with Crippen molar-refractivity contribution in [2.75, 3.05) is 5.01 Å². The van der Waals surface area contributed by atoms with Crippen LogP contribution >= 0.6 is 0 Å². The maximum absolute atomic E-state index is 14.9. The van der Waals surface area contributed by atoms with Gasteiger partial charge in [0, 0.05) is 5.57 Å². The van der Waals surface area contributed by atoms with Gasteiger partial charge in [0.15, 0.2) is 0 Å². The molecule has 0 bridgehead atoms. The molecule has 1 aliphatic rings. The smallest absolute Gasteiger partial charge is 0.149 e. The first-order chi connectivity index (χ1) is 17.6. The minimum absolute atomic E-state index is 0.321. The number of ether oxygens (including phenoxy) is 1. The first-order valence-electron chi connectivity index (χ1n) is 11.9. The van der Waals surface area contributed by atoms with Crippen molar-refractivity contribution in [2.45, 2.75) is 27.4 Å². The number of anilines is 1. The van der Waals surface area contributed by atoms with Crippen molar-refractivity contribution in [1.82, 2.24) is 9.78 Å². The number of nitrogens with zero attached hydrogens (tertiary/aromatic N) is 4. The summed E-state index contributed by atoms with van der Waals surface area (Å²) < 4.78 is 22.8. The van der Waals surface area contributed by atoms with E-state index in [9.17, 15) is 4.39 Å². The molecule has 0 N–H and O–H groups in total. The summed E-state index contributed by atoms with van der Waals surface area (Å²) in [5.41, 5.74) is 4.92. The van der Waals surface area contributed by atoms with Crippen LogP contribution in [-0.2, 0) is 11.3 Å². The van der Waals surface area contributed by atoms with Crippen LogP contribution < -0.4 is 5.01 Å². The summed E-state index contributed by atoms with van der Waals surface area (Å²) in [4.78, 5) is 0. The lowest BCUT2D eigenvalue weighted by molar-refractivity contribution is 0.207. The molecule has 0 radical (unpaired) electrons. The number of allylic oxidation sites excluding steroid dienone is 1. The van der Waals surface area contributed by atoms with E-state index in [1.807, 2.05) is 93.6 Å². The molecule has 0 fully saturated rings. The summed E-state index contributed by atoms with van der Waals surface area (Å²) in [6.07, 6.45) is 3.38. The first-order valence-corrected chi connectivity index (χ1v) is 11.9. The van der Waals surface area contributed by atoms with Gasteiger partial charge < -0.3 is 4.74 Å². The molecule has 0 saturated heterocycles. The number of hydrazone groups is 1. The summed E-state index contributed by atoms with van der Waals surface area (Å²) in [5, 5.41) is 10.7. The van der Waals surface area contributed by atoms with Crippen molar-refractivity contribution < 1.29 is 9.13 Å². The standard InChI is InChI=1S/C28H23FN4O.C2H6/c1-20-13-14-25(24(29)17-20)32-18-27(34-19-22-9-5-3-6-10-22)21(2)28(31-32)26-15-16-30-33(26)23-11-7-4-8-12-23;1-2/h3-18H,2,19H2,1H3;1-2H3. The van der Waals surface area contributed by atoms with Gasteiger partial charge in [-0.15, -0.1) is 0 Å². The molecule has 0 unspecified atom stereocenters. The average Bonchev–Trinajstić information content (AvgIpc) is 3.40. The van der Waals surface area contributed by atoms with Gasteiger partial charge in [-0.3, -0.25) is 0 Å². The predicted molar refractivity (Wildman–Crippen MR) is 144 cm³/mol. The normalized spacial score (nSPS) is 12.9. The Balaban J connectivity index is 0.00000148. The third kappa shape index (κ3) is 5.28. The Kier molecular flexibility index (Phi) is 7.75. The van der Waals surface area contributed by atoms with Crippen molar-refractivity contribution in [3.05, 3.63) is 138 Å². The van der Waals surface area contributed by atoms with Crippen LogP contribution in [-0.4, -0.2) is 15.5 Å². The summed E-state index contributed by atoms with van der Waals surface area (Å²) in [7, 11) is 0. The van der Waals surface area contributed by atoms with E-state index in [2.05, 4.69) is 11.7 Å². The van der Waals surface area contributed by atoms with Gasteiger partial charge in [0.2, 0.25) is 0 Å². The lowest BCUT2D eigenvalue weighted by atomic mass is 10.1. The minimum atomic E-state index is -0.370. The van der Waals surface area contributed by atoms with Crippen LogP contribution in [0.4, 0.5) is 10.1 Å². The van der Waals surface area contributed by atoms with Crippen molar-refractivity contribution in [3.63, 3.8) is 0 Å². The second-order valence-electron chi connectivity index (χ2n) is 7.96. The lowest BCUT2D eigenvalue weighted by Gasteiger charge is -2.26. The number of aryl methyl sites for hydroxylation is 1. The lowest BCUT2D eigenvalue weighted by Crippen LogP contribution is -2.25. The average molecular weight is 481 g/mol. The van der Waals surface area contributed by atoms with E-state index in [0.717, 1.165) is 22.5 Å². The largest absolute Gasteiger partial charge is 0.487 e. The van der Waals surface area contributed by atoms with Gasteiger partial charge >= 0.3 is 0 Å². The second kappa shape index (κ2) is 11.3. The van der Waals surface area contributed by atoms with Crippen LogP contribution in [0.15, 0.2) is 120 Å². The molecule has 0 atom stereocenters. The van der Waals surface area contributed by atoms with E-state index in [-0.39, 0.29) is 5.82 Å². The molecule has 0 aliphatic carbocycles. The molecule has 6 heteroatoms. The number of halogens is 1. The topological polar surface area (TPSA) is 42.6 Å². The highest BCUT2D eigenvalue weighted by Crippen LogP contribution is 2.30. The number of para-hydroxylation sites is 1. The summed E-state index contributed by atoms with van der Waals surface area (Å²) in [6, 6.07) is 26.5. The molecule has 5 rings (SSSR count). The highest BCUT2D eigenvalue weighted by molar-refractivity contribution is 6.15. The van der Waals surface area contributed by atoms with Crippen LogP contribution in [0.1, 0.15) is 30.7 Å². The van der Waals surface area contributed by atoms with Crippen molar-refractivity contribution >= 4 is 11.4 Å². The molecule has 1 aliphatic heterocycles. The van der Waals surface area contributed by atoms with Crippen molar-refractivity contribution in [1.29, 1.82) is 0 Å². The highest BCUT2D eigenvalue weighted by atomic mass is 19.1. The Hall–Kier alpha value is -4.45.